The Labute approximate surface area is 114 Å². The van der Waals surface area contributed by atoms with E-state index in [4.69, 9.17) is 18.0 Å². The zero-order valence-corrected chi connectivity index (χ0v) is 12.0. The molecule has 1 atom stereocenters. The van der Waals surface area contributed by atoms with Crippen LogP contribution in [0.1, 0.15) is 44.9 Å². The zero-order valence-electron chi connectivity index (χ0n) is 10.4. The van der Waals surface area contributed by atoms with Crippen LogP contribution in [0, 0.1) is 5.92 Å². The van der Waals surface area contributed by atoms with Crippen molar-refractivity contribution in [2.75, 3.05) is 0 Å². The molecule has 0 aliphatic heterocycles. The van der Waals surface area contributed by atoms with E-state index in [-0.39, 0.29) is 16.9 Å². The van der Waals surface area contributed by atoms with Crippen LogP contribution in [0.15, 0.2) is 0 Å². The van der Waals surface area contributed by atoms with E-state index in [0.717, 1.165) is 38.5 Å². The van der Waals surface area contributed by atoms with Crippen LogP contribution in [0.4, 0.5) is 0 Å². The highest BCUT2D eigenvalue weighted by molar-refractivity contribution is 7.87. The third-order valence-corrected chi connectivity index (χ3v) is 5.07. The second kappa shape index (κ2) is 5.81. The van der Waals surface area contributed by atoms with Gasteiger partial charge in [0.05, 0.1) is 11.0 Å². The first-order valence-electron chi connectivity index (χ1n) is 6.57. The third-order valence-electron chi connectivity index (χ3n) is 3.61. The summed E-state index contributed by atoms with van der Waals surface area (Å²) in [5, 5.41) is 0. The van der Waals surface area contributed by atoms with Gasteiger partial charge in [0, 0.05) is 6.04 Å². The molecule has 0 aromatic carbocycles. The van der Waals surface area contributed by atoms with Gasteiger partial charge in [-0.15, -0.1) is 0 Å². The van der Waals surface area contributed by atoms with Gasteiger partial charge in [-0.05, 0) is 31.6 Å². The topological polar surface area (TPSA) is 84.2 Å². The Hall–Kier alpha value is -0.240. The minimum atomic E-state index is -3.48. The van der Waals surface area contributed by atoms with Gasteiger partial charge in [0.15, 0.2) is 0 Å². The molecule has 104 valence electrons. The molecule has 18 heavy (non-hydrogen) atoms. The molecule has 5 nitrogen and oxygen atoms in total. The van der Waals surface area contributed by atoms with Crippen LogP contribution < -0.4 is 15.2 Å². The number of rotatable bonds is 6. The van der Waals surface area contributed by atoms with E-state index >= 15 is 0 Å². The first-order valence-corrected chi connectivity index (χ1v) is 8.46. The molecule has 0 saturated heterocycles. The molecule has 4 N–H and O–H groups in total. The summed E-state index contributed by atoms with van der Waals surface area (Å²) >= 11 is 5.02. The van der Waals surface area contributed by atoms with Crippen LogP contribution in [-0.4, -0.2) is 25.5 Å². The largest absolute Gasteiger partial charge is 0.392 e. The summed E-state index contributed by atoms with van der Waals surface area (Å²) in [4.78, 5) is 0.253. The average Bonchev–Trinajstić information content (AvgIpc) is 3.10. The van der Waals surface area contributed by atoms with Crippen molar-refractivity contribution in [2.45, 2.75) is 57.0 Å². The molecule has 0 bridgehead atoms. The SMILES string of the molecule is NC(=S)C(NS(=O)(=O)NC1CC1)C1CCCCC1. The lowest BCUT2D eigenvalue weighted by Crippen LogP contribution is -2.52. The Morgan fingerprint density at radius 3 is 2.28 bits per heavy atom. The van der Waals surface area contributed by atoms with Crippen LogP contribution >= 0.6 is 12.2 Å². The normalized spacial score (nSPS) is 23.8. The molecule has 2 rings (SSSR count). The van der Waals surface area contributed by atoms with Crippen molar-refractivity contribution >= 4 is 27.4 Å². The van der Waals surface area contributed by atoms with Crippen molar-refractivity contribution in [3.63, 3.8) is 0 Å². The van der Waals surface area contributed by atoms with Gasteiger partial charge < -0.3 is 5.73 Å². The zero-order chi connectivity index (χ0) is 13.2. The number of nitrogens with two attached hydrogens (primary N) is 1. The van der Waals surface area contributed by atoms with Gasteiger partial charge in [-0.25, -0.2) is 0 Å². The highest BCUT2D eigenvalue weighted by atomic mass is 32.2. The van der Waals surface area contributed by atoms with Crippen molar-refractivity contribution < 1.29 is 8.42 Å². The van der Waals surface area contributed by atoms with Crippen molar-refractivity contribution in [1.82, 2.24) is 9.44 Å². The minimum absolute atomic E-state index is 0.0980. The van der Waals surface area contributed by atoms with Crippen molar-refractivity contribution in [2.24, 2.45) is 11.7 Å². The molecule has 2 fully saturated rings. The number of thiocarbonyl (C=S) groups is 1. The quantitative estimate of drug-likeness (QED) is 0.632. The lowest BCUT2D eigenvalue weighted by Gasteiger charge is -2.29. The molecule has 0 heterocycles. The molecular formula is C11H21N3O2S2. The monoisotopic (exact) mass is 291 g/mol. The predicted octanol–water partition coefficient (Wildman–Crippen LogP) is 0.808. The van der Waals surface area contributed by atoms with Crippen LogP contribution in [0.3, 0.4) is 0 Å². The van der Waals surface area contributed by atoms with Gasteiger partial charge in [0.2, 0.25) is 0 Å². The summed E-state index contributed by atoms with van der Waals surface area (Å²) in [5.41, 5.74) is 5.70. The fourth-order valence-electron chi connectivity index (χ4n) is 2.48. The first-order chi connectivity index (χ1) is 8.48. The van der Waals surface area contributed by atoms with E-state index in [1.54, 1.807) is 0 Å². The molecule has 2 aliphatic rings. The Kier molecular flexibility index (Phi) is 4.58. The van der Waals surface area contributed by atoms with E-state index in [2.05, 4.69) is 9.44 Å². The second-order valence-corrected chi connectivity index (χ2v) is 7.24. The van der Waals surface area contributed by atoms with Crippen LogP contribution in [0.2, 0.25) is 0 Å². The molecular weight excluding hydrogens is 270 g/mol. The first kappa shape index (κ1) is 14.2. The molecule has 0 amide bonds. The molecule has 0 aromatic rings. The molecule has 0 spiro atoms. The summed E-state index contributed by atoms with van der Waals surface area (Å²) in [5.74, 6) is 0.243. The smallest absolute Gasteiger partial charge is 0.277 e. The number of nitrogens with one attached hydrogen (secondary N) is 2. The summed E-state index contributed by atoms with van der Waals surface area (Å²) < 4.78 is 29.0. The summed E-state index contributed by atoms with van der Waals surface area (Å²) in [6.45, 7) is 0. The molecule has 0 aromatic heterocycles. The van der Waals surface area contributed by atoms with E-state index in [1.807, 2.05) is 0 Å². The molecule has 2 saturated carbocycles. The fraction of sp³-hybridized carbons (Fsp3) is 0.909. The van der Waals surface area contributed by atoms with Gasteiger partial charge in [0.25, 0.3) is 10.2 Å². The molecule has 1 unspecified atom stereocenters. The van der Waals surface area contributed by atoms with E-state index < -0.39 is 16.3 Å². The van der Waals surface area contributed by atoms with Crippen molar-refractivity contribution in [3.05, 3.63) is 0 Å². The summed E-state index contributed by atoms with van der Waals surface area (Å²) in [7, 11) is -3.48. The Morgan fingerprint density at radius 2 is 1.78 bits per heavy atom. The van der Waals surface area contributed by atoms with Gasteiger partial charge in [-0.3, -0.25) is 0 Å². The van der Waals surface area contributed by atoms with Crippen LogP contribution in [-0.2, 0) is 10.2 Å². The maximum Gasteiger partial charge on any atom is 0.277 e. The van der Waals surface area contributed by atoms with Gasteiger partial charge in [0.1, 0.15) is 0 Å². The highest BCUT2D eigenvalue weighted by Gasteiger charge is 2.32. The number of hydrogen-bond acceptors (Lipinski definition) is 3. The summed E-state index contributed by atoms with van der Waals surface area (Å²) in [6, 6.07) is -0.308. The molecule has 0 radical (unpaired) electrons. The van der Waals surface area contributed by atoms with E-state index in [1.165, 1.54) is 6.42 Å². The van der Waals surface area contributed by atoms with Crippen molar-refractivity contribution in [1.29, 1.82) is 0 Å². The molecule has 2 aliphatic carbocycles. The van der Waals surface area contributed by atoms with E-state index in [0.29, 0.717) is 0 Å². The van der Waals surface area contributed by atoms with Crippen LogP contribution in [0.5, 0.6) is 0 Å². The molecule has 7 heteroatoms. The number of hydrogen-bond donors (Lipinski definition) is 3. The maximum absolute atomic E-state index is 11.9. The average molecular weight is 291 g/mol. The van der Waals surface area contributed by atoms with Gasteiger partial charge in [-0.2, -0.15) is 17.9 Å². The van der Waals surface area contributed by atoms with Gasteiger partial charge >= 0.3 is 0 Å². The van der Waals surface area contributed by atoms with Crippen LogP contribution in [0.25, 0.3) is 0 Å². The lowest BCUT2D eigenvalue weighted by atomic mass is 9.84. The van der Waals surface area contributed by atoms with Crippen molar-refractivity contribution in [3.8, 4) is 0 Å². The second-order valence-electron chi connectivity index (χ2n) is 5.29. The Balaban J connectivity index is 1.98. The fourth-order valence-corrected chi connectivity index (χ4v) is 4.20. The standard InChI is InChI=1S/C11H21N3O2S2/c12-11(17)10(8-4-2-1-3-5-8)14-18(15,16)13-9-6-7-9/h8-10,13-14H,1-7H2,(H2,12,17). The summed E-state index contributed by atoms with van der Waals surface area (Å²) in [6.07, 6.45) is 7.29. The third kappa shape index (κ3) is 4.15. The minimum Gasteiger partial charge on any atom is -0.392 e. The van der Waals surface area contributed by atoms with E-state index in [9.17, 15) is 8.42 Å². The Bertz CT molecular complexity index is 401. The Morgan fingerprint density at radius 1 is 1.17 bits per heavy atom. The maximum atomic E-state index is 11.9. The highest BCUT2D eigenvalue weighted by Crippen LogP contribution is 2.27. The van der Waals surface area contributed by atoms with Gasteiger partial charge in [-0.1, -0.05) is 31.5 Å². The lowest BCUT2D eigenvalue weighted by molar-refractivity contribution is 0.330. The predicted molar refractivity (Wildman–Crippen MR) is 75.4 cm³/mol.